The van der Waals surface area contributed by atoms with Crippen LogP contribution in [-0.4, -0.2) is 33.9 Å². The van der Waals surface area contributed by atoms with Crippen LogP contribution < -0.4 is 14.8 Å². The second-order valence-electron chi connectivity index (χ2n) is 5.56. The molecule has 0 aromatic heterocycles. The van der Waals surface area contributed by atoms with Crippen LogP contribution in [0.25, 0.3) is 0 Å². The van der Waals surface area contributed by atoms with Crippen molar-refractivity contribution < 1.29 is 52.2 Å². The summed E-state index contributed by atoms with van der Waals surface area (Å²) in [5, 5.41) is 4.38. The van der Waals surface area contributed by atoms with Crippen LogP contribution in [0.15, 0.2) is 53.4 Å². The number of amides is 2. The number of anilines is 2. The van der Waals surface area contributed by atoms with Crippen molar-refractivity contribution >= 4 is 37.4 Å². The third kappa shape index (κ3) is 5.78. The average Bonchev–Trinajstić information content (AvgIpc) is 2.61. The fraction of sp³-hybridized carbons (Fsp3) is 0.133. The number of hydrogen-bond acceptors (Lipinski definition) is 6. The first-order valence-corrected chi connectivity index (χ1v) is 10.5. The molecule has 0 fully saturated rings. The predicted octanol–water partition coefficient (Wildman–Crippen LogP) is 3.85. The molecule has 0 aliphatic rings. The Bertz CT molecular complexity index is 1160. The maximum atomic E-state index is 12.5. The summed E-state index contributed by atoms with van der Waals surface area (Å²) in [7, 11) is -11.4. The molecule has 0 spiro atoms. The molecule has 8 nitrogen and oxygen atoms in total. The van der Waals surface area contributed by atoms with Crippen LogP contribution in [0.3, 0.4) is 0 Å². The van der Waals surface area contributed by atoms with Gasteiger partial charge in [-0.2, -0.15) is 34.8 Å². The predicted molar refractivity (Wildman–Crippen MR) is 94.4 cm³/mol. The van der Waals surface area contributed by atoms with Crippen LogP contribution >= 0.6 is 0 Å². The Morgan fingerprint density at radius 1 is 0.710 bits per heavy atom. The molecule has 2 aromatic carbocycles. The van der Waals surface area contributed by atoms with Gasteiger partial charge in [0.15, 0.2) is 0 Å². The van der Waals surface area contributed by atoms with Gasteiger partial charge in [-0.05, 0) is 48.5 Å². The molecule has 31 heavy (non-hydrogen) atoms. The average molecular weight is 492 g/mol. The lowest BCUT2D eigenvalue weighted by Gasteiger charge is -2.11. The number of benzene rings is 2. The molecule has 16 heteroatoms. The summed E-state index contributed by atoms with van der Waals surface area (Å²) in [4.78, 5) is 10.8. The zero-order chi connectivity index (χ0) is 23.7. The number of urea groups is 1. The fourth-order valence-corrected chi connectivity index (χ4v) is 3.13. The summed E-state index contributed by atoms with van der Waals surface area (Å²) in [6.45, 7) is 0. The van der Waals surface area contributed by atoms with Gasteiger partial charge in [0.25, 0.3) is 9.84 Å². The number of halogens is 6. The summed E-state index contributed by atoms with van der Waals surface area (Å²) in [6.07, 6.45) is 0. The van der Waals surface area contributed by atoms with Crippen LogP contribution in [0.5, 0.6) is 5.75 Å². The molecule has 2 amide bonds. The highest BCUT2D eigenvalue weighted by molar-refractivity contribution is 7.92. The lowest BCUT2D eigenvalue weighted by molar-refractivity contribution is -0.0500. The Morgan fingerprint density at radius 2 is 1.13 bits per heavy atom. The normalized spacial score (nSPS) is 12.8. The van der Waals surface area contributed by atoms with Crippen molar-refractivity contribution in [3.05, 3.63) is 48.5 Å². The number of hydrogen-bond donors (Lipinski definition) is 2. The van der Waals surface area contributed by atoms with E-state index in [2.05, 4.69) is 14.8 Å². The minimum Gasteiger partial charge on any atom is -0.376 e. The molecule has 0 aliphatic heterocycles. The van der Waals surface area contributed by atoms with Gasteiger partial charge < -0.3 is 14.8 Å². The van der Waals surface area contributed by atoms with E-state index in [-0.39, 0.29) is 11.4 Å². The standard InChI is InChI=1S/C15H10F6N2O6S2/c16-14(17,18)30(25,26)12-7-3-10(4-8-12)23-13(24)22-9-1-5-11(6-2-9)29-31(27,28)15(19,20)21/h1-8H,(H2,22,23,24). The van der Waals surface area contributed by atoms with Crippen molar-refractivity contribution in [2.45, 2.75) is 15.9 Å². The second kappa shape index (κ2) is 8.26. The maximum absolute atomic E-state index is 12.5. The number of sulfone groups is 1. The molecule has 0 aliphatic carbocycles. The van der Waals surface area contributed by atoms with Crippen LogP contribution in [0.2, 0.25) is 0 Å². The Hall–Kier alpha value is -3.01. The minimum atomic E-state index is -5.86. The van der Waals surface area contributed by atoms with E-state index >= 15 is 0 Å². The third-order valence-electron chi connectivity index (χ3n) is 3.33. The van der Waals surface area contributed by atoms with Crippen molar-refractivity contribution in [1.29, 1.82) is 0 Å². The molecule has 2 aromatic rings. The van der Waals surface area contributed by atoms with Crippen LogP contribution in [0.1, 0.15) is 0 Å². The molecule has 2 rings (SSSR count). The maximum Gasteiger partial charge on any atom is 0.534 e. The Balaban J connectivity index is 2.02. The highest BCUT2D eigenvalue weighted by Gasteiger charge is 2.48. The lowest BCUT2D eigenvalue weighted by Crippen LogP contribution is -2.28. The van der Waals surface area contributed by atoms with Gasteiger partial charge >= 0.3 is 27.2 Å². The van der Waals surface area contributed by atoms with Crippen molar-refractivity contribution in [3.8, 4) is 5.75 Å². The summed E-state index contributed by atoms with van der Waals surface area (Å²) in [5.41, 5.74) is -11.2. The Kier molecular flexibility index (Phi) is 6.46. The minimum absolute atomic E-state index is 0.00877. The van der Waals surface area contributed by atoms with E-state index in [1.54, 1.807) is 0 Å². The quantitative estimate of drug-likeness (QED) is 0.372. The Labute approximate surface area is 170 Å². The van der Waals surface area contributed by atoms with Crippen LogP contribution in [-0.2, 0) is 20.0 Å². The second-order valence-corrected chi connectivity index (χ2v) is 9.04. The van der Waals surface area contributed by atoms with Gasteiger partial charge in [0, 0.05) is 11.4 Å². The Morgan fingerprint density at radius 3 is 1.52 bits per heavy atom. The topological polar surface area (TPSA) is 119 Å². The molecule has 0 saturated heterocycles. The molecule has 170 valence electrons. The van der Waals surface area contributed by atoms with Crippen molar-refractivity contribution in [3.63, 3.8) is 0 Å². The molecular formula is C15H10F6N2O6S2. The third-order valence-corrected chi connectivity index (χ3v) is 5.81. The van der Waals surface area contributed by atoms with Gasteiger partial charge in [-0.1, -0.05) is 0 Å². The molecular weight excluding hydrogens is 482 g/mol. The largest absolute Gasteiger partial charge is 0.534 e. The zero-order valence-electron chi connectivity index (χ0n) is 14.7. The van der Waals surface area contributed by atoms with Gasteiger partial charge in [0.1, 0.15) is 5.75 Å². The van der Waals surface area contributed by atoms with Crippen molar-refractivity contribution in [1.82, 2.24) is 0 Å². The van der Waals surface area contributed by atoms with E-state index in [0.717, 1.165) is 36.4 Å². The number of carbonyl (C=O) groups is 1. The molecule has 0 radical (unpaired) electrons. The van der Waals surface area contributed by atoms with E-state index < -0.39 is 47.6 Å². The summed E-state index contributed by atoms with van der Waals surface area (Å²) in [5.74, 6) is -0.676. The van der Waals surface area contributed by atoms with E-state index in [1.807, 2.05) is 0 Å². The van der Waals surface area contributed by atoms with Crippen molar-refractivity contribution in [2.75, 3.05) is 10.6 Å². The van der Waals surface area contributed by atoms with E-state index in [9.17, 15) is 48.0 Å². The van der Waals surface area contributed by atoms with E-state index in [0.29, 0.717) is 12.1 Å². The number of alkyl halides is 6. The SMILES string of the molecule is O=C(Nc1ccc(OS(=O)(=O)C(F)(F)F)cc1)Nc1ccc(S(=O)(=O)C(F)(F)F)cc1. The molecule has 0 unspecified atom stereocenters. The van der Waals surface area contributed by atoms with Crippen LogP contribution in [0.4, 0.5) is 42.5 Å². The first kappa shape index (κ1) is 24.3. The molecule has 0 atom stereocenters. The fourth-order valence-electron chi connectivity index (χ4n) is 1.91. The van der Waals surface area contributed by atoms with Gasteiger partial charge in [0.2, 0.25) is 0 Å². The number of rotatable bonds is 5. The molecule has 0 bridgehead atoms. The van der Waals surface area contributed by atoms with Gasteiger partial charge in [-0.3, -0.25) is 0 Å². The smallest absolute Gasteiger partial charge is 0.376 e. The molecule has 0 heterocycles. The zero-order valence-corrected chi connectivity index (χ0v) is 16.3. The first-order chi connectivity index (χ1) is 14.0. The van der Waals surface area contributed by atoms with E-state index in [4.69, 9.17) is 0 Å². The van der Waals surface area contributed by atoms with E-state index in [1.165, 1.54) is 0 Å². The lowest BCUT2D eigenvalue weighted by atomic mass is 10.3. The first-order valence-electron chi connectivity index (χ1n) is 7.63. The summed E-state index contributed by atoms with van der Waals surface area (Å²) in [6, 6.07) is 5.80. The molecule has 0 saturated carbocycles. The van der Waals surface area contributed by atoms with Gasteiger partial charge in [0.05, 0.1) is 4.90 Å². The number of nitrogens with one attached hydrogen (secondary N) is 2. The highest BCUT2D eigenvalue weighted by atomic mass is 32.2. The van der Waals surface area contributed by atoms with Gasteiger partial charge in [-0.15, -0.1) is 0 Å². The van der Waals surface area contributed by atoms with Crippen LogP contribution in [0, 0.1) is 0 Å². The van der Waals surface area contributed by atoms with Crippen molar-refractivity contribution in [2.24, 2.45) is 0 Å². The van der Waals surface area contributed by atoms with Gasteiger partial charge in [-0.25, -0.2) is 13.2 Å². The molecule has 2 N–H and O–H groups in total. The highest BCUT2D eigenvalue weighted by Crippen LogP contribution is 2.31. The summed E-state index contributed by atoms with van der Waals surface area (Å²) < 4.78 is 122. The number of carbonyl (C=O) groups excluding carboxylic acids is 1. The monoisotopic (exact) mass is 492 g/mol. The summed E-state index contributed by atoms with van der Waals surface area (Å²) >= 11 is 0.